The lowest BCUT2D eigenvalue weighted by Gasteiger charge is -2.18. The average molecular weight is 1080 g/mol. The van der Waals surface area contributed by atoms with Crippen molar-refractivity contribution in [2.24, 2.45) is 0 Å². The highest BCUT2D eigenvalue weighted by molar-refractivity contribution is 5.72. The third kappa shape index (κ3) is 62.7. The maximum absolute atomic E-state index is 12.9. The zero-order valence-electron chi connectivity index (χ0n) is 50.9. The predicted octanol–water partition coefficient (Wildman–Crippen LogP) is 22.4. The molecule has 0 aromatic heterocycles. The fourth-order valence-electron chi connectivity index (χ4n) is 8.91. The second-order valence-electron chi connectivity index (χ2n) is 21.3. The van der Waals surface area contributed by atoms with Crippen molar-refractivity contribution >= 4 is 17.9 Å². The lowest BCUT2D eigenvalue weighted by atomic mass is 10.0. The van der Waals surface area contributed by atoms with Gasteiger partial charge < -0.3 is 14.2 Å². The number of rotatable bonds is 58. The normalized spacial score (nSPS) is 12.9. The van der Waals surface area contributed by atoms with Gasteiger partial charge in [-0.1, -0.05) is 290 Å². The van der Waals surface area contributed by atoms with Gasteiger partial charge in [0.25, 0.3) is 0 Å². The van der Waals surface area contributed by atoms with Crippen molar-refractivity contribution in [3.8, 4) is 0 Å². The topological polar surface area (TPSA) is 78.9 Å². The van der Waals surface area contributed by atoms with Crippen LogP contribution < -0.4 is 0 Å². The third-order valence-electron chi connectivity index (χ3n) is 13.7. The summed E-state index contributed by atoms with van der Waals surface area (Å²) in [4.78, 5) is 38.2. The SMILES string of the molecule is CC/C=C\C/C=C\C/C=C\C/C=C\C/C=C\CC(=O)OCC(COC(=O)CCCCCCCCCCCCCCCCCC/C=C\C/C=C\C/C=C\C/C=C\CC)OC(=O)CCCCCCC/C=C\CCCCCCCCC. The molecule has 0 amide bonds. The van der Waals surface area contributed by atoms with E-state index in [0.29, 0.717) is 12.8 Å². The monoisotopic (exact) mass is 1080 g/mol. The Kier molecular flexibility index (Phi) is 61.8. The maximum atomic E-state index is 12.9. The van der Waals surface area contributed by atoms with Crippen LogP contribution in [-0.4, -0.2) is 37.2 Å². The summed E-state index contributed by atoms with van der Waals surface area (Å²) < 4.78 is 16.8. The number of unbranched alkanes of at least 4 members (excludes halogenated alkanes) is 28. The van der Waals surface area contributed by atoms with Crippen LogP contribution in [0.2, 0.25) is 0 Å². The van der Waals surface area contributed by atoms with Crippen LogP contribution in [-0.2, 0) is 28.6 Å². The molecule has 0 saturated heterocycles. The Morgan fingerprint density at radius 2 is 0.551 bits per heavy atom. The van der Waals surface area contributed by atoms with E-state index in [1.54, 1.807) is 6.08 Å². The maximum Gasteiger partial charge on any atom is 0.309 e. The van der Waals surface area contributed by atoms with Crippen LogP contribution in [0, 0.1) is 0 Å². The first-order chi connectivity index (χ1) is 38.5. The van der Waals surface area contributed by atoms with Gasteiger partial charge in [-0.25, -0.2) is 0 Å². The molecule has 0 rings (SSSR count). The fraction of sp³-hybridized carbons (Fsp3) is 0.681. The van der Waals surface area contributed by atoms with Crippen LogP contribution in [0.4, 0.5) is 0 Å². The van der Waals surface area contributed by atoms with Gasteiger partial charge in [0.05, 0.1) is 6.42 Å². The molecule has 78 heavy (non-hydrogen) atoms. The van der Waals surface area contributed by atoms with Crippen LogP contribution in [0.25, 0.3) is 0 Å². The van der Waals surface area contributed by atoms with E-state index in [1.165, 1.54) is 148 Å². The molecule has 0 aliphatic heterocycles. The van der Waals surface area contributed by atoms with Crippen molar-refractivity contribution in [1.82, 2.24) is 0 Å². The molecule has 0 bridgehead atoms. The van der Waals surface area contributed by atoms with Gasteiger partial charge in [-0.3, -0.25) is 14.4 Å². The zero-order valence-corrected chi connectivity index (χ0v) is 50.9. The van der Waals surface area contributed by atoms with Gasteiger partial charge in [0.15, 0.2) is 6.10 Å². The zero-order chi connectivity index (χ0) is 56.4. The molecule has 6 nitrogen and oxygen atoms in total. The fourth-order valence-corrected chi connectivity index (χ4v) is 8.91. The van der Waals surface area contributed by atoms with Crippen molar-refractivity contribution in [3.05, 3.63) is 122 Å². The van der Waals surface area contributed by atoms with E-state index < -0.39 is 12.1 Å². The first kappa shape index (κ1) is 73.8. The van der Waals surface area contributed by atoms with Crippen molar-refractivity contribution in [2.75, 3.05) is 13.2 Å². The molecule has 0 N–H and O–H groups in total. The molecule has 1 unspecified atom stereocenters. The summed E-state index contributed by atoms with van der Waals surface area (Å²) in [5.41, 5.74) is 0. The van der Waals surface area contributed by atoms with Gasteiger partial charge >= 0.3 is 17.9 Å². The van der Waals surface area contributed by atoms with Crippen LogP contribution in [0.15, 0.2) is 122 Å². The van der Waals surface area contributed by atoms with Gasteiger partial charge in [0, 0.05) is 12.8 Å². The molecule has 0 saturated carbocycles. The van der Waals surface area contributed by atoms with E-state index in [9.17, 15) is 14.4 Å². The Morgan fingerprint density at radius 3 is 0.910 bits per heavy atom. The summed E-state index contributed by atoms with van der Waals surface area (Å²) in [6.07, 6.45) is 91.0. The Hall–Kier alpha value is -4.19. The molecule has 0 aromatic carbocycles. The Bertz CT molecular complexity index is 1620. The molecule has 0 aliphatic carbocycles. The molecule has 444 valence electrons. The summed E-state index contributed by atoms with van der Waals surface area (Å²) in [6.45, 7) is 6.33. The predicted molar refractivity (Wildman–Crippen MR) is 339 cm³/mol. The highest BCUT2D eigenvalue weighted by Gasteiger charge is 2.19. The summed E-state index contributed by atoms with van der Waals surface area (Å²) >= 11 is 0. The van der Waals surface area contributed by atoms with Crippen LogP contribution in [0.5, 0.6) is 0 Å². The standard InChI is InChI=1S/C72H120O6/c1-4-7-10-13-16-19-22-25-28-30-31-32-33-34-35-36-37-38-39-40-41-42-45-47-50-53-56-59-62-65-71(74)77-68-69(67-76-70(73)64-61-58-55-52-49-46-43-27-24-21-18-15-12-9-6-3)78-72(75)66-63-60-57-54-51-48-44-29-26-23-20-17-14-11-8-5-2/h7,9-10,12,16,18-19,21,25,27-29,31-32,43-44,49,52,58,61,69H,4-6,8,11,13-15,17,20,22-24,26,30,33-42,45-48,50-51,53-57,59-60,62-68H2,1-3H3/b10-7-,12-9-,19-16-,21-18-,28-25-,32-31-,43-27-,44-29-,52-49-,61-58-. The van der Waals surface area contributed by atoms with Gasteiger partial charge in [0.2, 0.25) is 0 Å². The summed E-state index contributed by atoms with van der Waals surface area (Å²) in [7, 11) is 0. The third-order valence-corrected chi connectivity index (χ3v) is 13.7. The smallest absolute Gasteiger partial charge is 0.309 e. The minimum absolute atomic E-state index is 0.111. The number of carbonyl (C=O) groups is 3. The summed E-state index contributed by atoms with van der Waals surface area (Å²) in [5.74, 6) is -1.05. The number of carbonyl (C=O) groups excluding carboxylic acids is 3. The average Bonchev–Trinajstić information content (AvgIpc) is 3.44. The number of hydrogen-bond acceptors (Lipinski definition) is 6. The Balaban J connectivity index is 4.32. The number of hydrogen-bond donors (Lipinski definition) is 0. The van der Waals surface area contributed by atoms with Crippen LogP contribution >= 0.6 is 0 Å². The minimum Gasteiger partial charge on any atom is -0.462 e. The van der Waals surface area contributed by atoms with Crippen molar-refractivity contribution in [1.29, 1.82) is 0 Å². The van der Waals surface area contributed by atoms with Crippen LogP contribution in [0.1, 0.15) is 297 Å². The Morgan fingerprint density at radius 1 is 0.282 bits per heavy atom. The number of allylic oxidation sites excluding steroid dienone is 19. The highest BCUT2D eigenvalue weighted by atomic mass is 16.6. The molecule has 0 radical (unpaired) electrons. The van der Waals surface area contributed by atoms with Gasteiger partial charge in [-0.05, 0) is 109 Å². The highest BCUT2D eigenvalue weighted by Crippen LogP contribution is 2.16. The first-order valence-electron chi connectivity index (χ1n) is 32.5. The van der Waals surface area contributed by atoms with E-state index in [1.807, 2.05) is 6.08 Å². The minimum atomic E-state index is -0.825. The molecular weight excluding hydrogens is 961 g/mol. The van der Waals surface area contributed by atoms with Gasteiger partial charge in [-0.2, -0.15) is 0 Å². The van der Waals surface area contributed by atoms with Crippen molar-refractivity contribution in [2.45, 2.75) is 303 Å². The molecule has 0 fully saturated rings. The van der Waals surface area contributed by atoms with E-state index >= 15 is 0 Å². The summed E-state index contributed by atoms with van der Waals surface area (Å²) in [5, 5.41) is 0. The van der Waals surface area contributed by atoms with E-state index in [2.05, 4.69) is 130 Å². The molecular formula is C72H120O6. The lowest BCUT2D eigenvalue weighted by molar-refractivity contribution is -0.166. The second-order valence-corrected chi connectivity index (χ2v) is 21.3. The second kappa shape index (κ2) is 65.3. The molecule has 0 aromatic rings. The molecule has 1 atom stereocenters. The number of ether oxygens (including phenoxy) is 3. The molecule has 0 spiro atoms. The number of esters is 3. The molecule has 0 aliphatic rings. The molecule has 0 heterocycles. The van der Waals surface area contributed by atoms with Gasteiger partial charge in [0.1, 0.15) is 13.2 Å². The van der Waals surface area contributed by atoms with Crippen molar-refractivity contribution < 1.29 is 28.6 Å². The lowest BCUT2D eigenvalue weighted by Crippen LogP contribution is -2.30. The van der Waals surface area contributed by atoms with Crippen molar-refractivity contribution in [3.63, 3.8) is 0 Å². The summed E-state index contributed by atoms with van der Waals surface area (Å²) in [6, 6.07) is 0. The van der Waals surface area contributed by atoms with E-state index in [0.717, 1.165) is 109 Å². The first-order valence-corrected chi connectivity index (χ1v) is 32.5. The largest absolute Gasteiger partial charge is 0.462 e. The Labute approximate surface area is 482 Å². The van der Waals surface area contributed by atoms with Crippen LogP contribution in [0.3, 0.4) is 0 Å². The molecule has 6 heteroatoms. The van der Waals surface area contributed by atoms with Gasteiger partial charge in [-0.15, -0.1) is 0 Å². The van der Waals surface area contributed by atoms with E-state index in [-0.39, 0.29) is 31.6 Å². The quantitative estimate of drug-likeness (QED) is 0.0261. The van der Waals surface area contributed by atoms with E-state index in [4.69, 9.17) is 14.2 Å².